The van der Waals surface area contributed by atoms with E-state index in [1.54, 1.807) is 0 Å². The van der Waals surface area contributed by atoms with Crippen molar-refractivity contribution in [3.05, 3.63) is 10.6 Å². The number of carboxylic acids is 1. The molecule has 0 spiro atoms. The third kappa shape index (κ3) is 5.14. The van der Waals surface area contributed by atoms with Crippen LogP contribution in [0.15, 0.2) is 10.6 Å². The maximum absolute atomic E-state index is 13.1. The normalized spacial score (nSPS) is 31.6. The van der Waals surface area contributed by atoms with Crippen LogP contribution >= 0.6 is 11.8 Å². The van der Waals surface area contributed by atoms with Gasteiger partial charge >= 0.3 is 5.97 Å². The van der Waals surface area contributed by atoms with Crippen molar-refractivity contribution in [1.29, 1.82) is 0 Å². The minimum absolute atomic E-state index is 0.0602. The Kier molecular flexibility index (Phi) is 7.89. The SMILES string of the molecule is C[C@@H](CC(=O)CN(C)C)[C@H]1C(=O)N2C(C(=O)O)=C(S[C@@H]3CN[C@H](C(=O)N4CCNCC4)C3)[C@H](C)[C@H]12. The molecule has 0 aromatic rings. The van der Waals surface area contributed by atoms with Gasteiger partial charge in [-0.25, -0.2) is 4.79 Å². The standard InChI is InChI=1S/C24H37N5O5S/c1-13(9-15(30)12-27(3)4)18-19-14(2)21(20(24(33)34)29(19)23(18)32)35-16-10-17(26-11-16)22(31)28-7-5-25-6-8-28/h13-14,16-19,25-26H,5-12H2,1-4H3,(H,33,34)/t13-,14+,16-,17-,18+,19+/m0/s1. The van der Waals surface area contributed by atoms with Crippen LogP contribution in [0.3, 0.4) is 0 Å². The van der Waals surface area contributed by atoms with E-state index in [4.69, 9.17) is 0 Å². The Hall–Kier alpha value is -1.95. The summed E-state index contributed by atoms with van der Waals surface area (Å²) in [7, 11) is 3.67. The second-order valence-corrected chi connectivity index (χ2v) is 11.8. The molecular formula is C24H37N5O5S. The van der Waals surface area contributed by atoms with Crippen LogP contribution in [-0.4, -0.2) is 114 Å². The van der Waals surface area contributed by atoms with E-state index in [9.17, 15) is 24.3 Å². The van der Waals surface area contributed by atoms with Gasteiger partial charge in [0.1, 0.15) is 11.5 Å². The molecule has 0 unspecified atom stereocenters. The van der Waals surface area contributed by atoms with Crippen LogP contribution in [0.1, 0.15) is 26.7 Å². The molecule has 10 nitrogen and oxygen atoms in total. The molecule has 0 aromatic heterocycles. The Balaban J connectivity index is 1.42. The number of nitrogens with one attached hydrogen (secondary N) is 2. The minimum Gasteiger partial charge on any atom is -0.477 e. The third-order valence-corrected chi connectivity index (χ3v) is 9.07. The number of amides is 2. The average molecular weight is 508 g/mol. The summed E-state index contributed by atoms with van der Waals surface area (Å²) in [6.45, 7) is 7.86. The first-order valence-corrected chi connectivity index (χ1v) is 13.3. The van der Waals surface area contributed by atoms with Gasteiger partial charge in [0.2, 0.25) is 11.8 Å². The molecule has 3 saturated heterocycles. The molecule has 3 N–H and O–H groups in total. The van der Waals surface area contributed by atoms with E-state index in [1.807, 2.05) is 37.7 Å². The van der Waals surface area contributed by atoms with E-state index in [1.165, 1.54) is 16.7 Å². The number of Topliss-reactive ketones (excluding diaryl/α,β-unsaturated/α-hetero) is 1. The maximum Gasteiger partial charge on any atom is 0.353 e. The number of ketones is 1. The van der Waals surface area contributed by atoms with Gasteiger partial charge in [-0.15, -0.1) is 11.8 Å². The number of carbonyl (C=O) groups is 4. The second kappa shape index (κ2) is 10.6. The Morgan fingerprint density at radius 2 is 1.91 bits per heavy atom. The number of likely N-dealkylation sites (N-methyl/N-ethyl adjacent to an activating group) is 1. The molecule has 2 amide bonds. The number of aliphatic carboxylic acids is 1. The van der Waals surface area contributed by atoms with Crippen molar-refractivity contribution in [1.82, 2.24) is 25.3 Å². The zero-order valence-corrected chi connectivity index (χ0v) is 21.8. The number of thioether (sulfide) groups is 1. The monoisotopic (exact) mass is 507 g/mol. The van der Waals surface area contributed by atoms with Crippen LogP contribution in [0.25, 0.3) is 0 Å². The number of fused-ring (bicyclic) bond motifs is 1. The summed E-state index contributed by atoms with van der Waals surface area (Å²) in [6.07, 6.45) is 0.937. The fourth-order valence-electron chi connectivity index (χ4n) is 5.94. The Labute approximate surface area is 210 Å². The predicted octanol–water partition coefficient (Wildman–Crippen LogP) is -0.188. The van der Waals surface area contributed by atoms with Gasteiger partial charge in [-0.3, -0.25) is 14.4 Å². The van der Waals surface area contributed by atoms with Crippen LogP contribution < -0.4 is 10.6 Å². The first-order chi connectivity index (χ1) is 16.6. The van der Waals surface area contributed by atoms with Gasteiger partial charge in [0.25, 0.3) is 0 Å². The summed E-state index contributed by atoms with van der Waals surface area (Å²) in [5.41, 5.74) is 0.0810. The molecule has 35 heavy (non-hydrogen) atoms. The van der Waals surface area contributed by atoms with Crippen molar-refractivity contribution in [2.24, 2.45) is 17.8 Å². The molecule has 3 fully saturated rings. The van der Waals surface area contributed by atoms with Gasteiger partial charge in [-0.2, -0.15) is 0 Å². The fourth-order valence-corrected chi connectivity index (χ4v) is 7.42. The Bertz CT molecular complexity index is 918. The van der Waals surface area contributed by atoms with Gasteiger partial charge in [-0.05, 0) is 26.4 Å². The molecule has 0 bridgehead atoms. The number of rotatable bonds is 9. The van der Waals surface area contributed by atoms with Crippen molar-refractivity contribution in [3.63, 3.8) is 0 Å². The molecule has 0 aliphatic carbocycles. The van der Waals surface area contributed by atoms with Crippen LogP contribution in [0, 0.1) is 17.8 Å². The first-order valence-electron chi connectivity index (χ1n) is 12.5. The lowest BCUT2D eigenvalue weighted by Crippen LogP contribution is -2.62. The highest BCUT2D eigenvalue weighted by molar-refractivity contribution is 8.03. The van der Waals surface area contributed by atoms with E-state index in [0.29, 0.717) is 43.9 Å². The predicted molar refractivity (Wildman–Crippen MR) is 133 cm³/mol. The van der Waals surface area contributed by atoms with E-state index in [0.717, 1.165) is 13.1 Å². The van der Waals surface area contributed by atoms with E-state index in [2.05, 4.69) is 10.6 Å². The van der Waals surface area contributed by atoms with Crippen molar-refractivity contribution < 1.29 is 24.3 Å². The molecular weight excluding hydrogens is 470 g/mol. The number of piperazine rings is 1. The average Bonchev–Trinajstić information content (AvgIpc) is 3.35. The zero-order valence-electron chi connectivity index (χ0n) is 21.0. The topological polar surface area (TPSA) is 122 Å². The van der Waals surface area contributed by atoms with Crippen LogP contribution in [0.5, 0.6) is 0 Å². The van der Waals surface area contributed by atoms with Gasteiger partial charge in [-0.1, -0.05) is 13.8 Å². The molecule has 6 atom stereocenters. The van der Waals surface area contributed by atoms with Gasteiger partial charge in [0, 0.05) is 55.2 Å². The Morgan fingerprint density at radius 3 is 2.54 bits per heavy atom. The molecule has 194 valence electrons. The number of carbonyl (C=O) groups excluding carboxylic acids is 3. The summed E-state index contributed by atoms with van der Waals surface area (Å²) in [4.78, 5) is 56.4. The minimum atomic E-state index is -1.09. The zero-order chi connectivity index (χ0) is 25.4. The maximum atomic E-state index is 13.1. The Morgan fingerprint density at radius 1 is 1.23 bits per heavy atom. The summed E-state index contributed by atoms with van der Waals surface area (Å²) in [5, 5.41) is 16.6. The highest BCUT2D eigenvalue weighted by Crippen LogP contribution is 2.53. The largest absolute Gasteiger partial charge is 0.477 e. The number of β-lactam (4-membered cyclic amide) rings is 1. The fraction of sp³-hybridized carbons (Fsp3) is 0.750. The lowest BCUT2D eigenvalue weighted by Gasteiger charge is -2.47. The third-order valence-electron chi connectivity index (χ3n) is 7.56. The summed E-state index contributed by atoms with van der Waals surface area (Å²) in [5.74, 6) is -1.72. The number of hydrogen-bond acceptors (Lipinski definition) is 8. The smallest absolute Gasteiger partial charge is 0.353 e. The number of hydrogen-bond donors (Lipinski definition) is 3. The lowest BCUT2D eigenvalue weighted by molar-refractivity contribution is -0.160. The van der Waals surface area contributed by atoms with Gasteiger partial charge < -0.3 is 30.4 Å². The van der Waals surface area contributed by atoms with E-state index >= 15 is 0 Å². The van der Waals surface area contributed by atoms with E-state index < -0.39 is 5.97 Å². The van der Waals surface area contributed by atoms with Crippen LogP contribution in [0.2, 0.25) is 0 Å². The van der Waals surface area contributed by atoms with Gasteiger partial charge in [0.05, 0.1) is 24.5 Å². The van der Waals surface area contributed by atoms with Crippen LogP contribution in [0.4, 0.5) is 0 Å². The molecule has 0 radical (unpaired) electrons. The van der Waals surface area contributed by atoms with Crippen LogP contribution in [-0.2, 0) is 19.2 Å². The molecule has 4 rings (SSSR count). The second-order valence-electron chi connectivity index (χ2n) is 10.5. The van der Waals surface area contributed by atoms with Crippen molar-refractivity contribution >= 4 is 35.3 Å². The molecule has 4 heterocycles. The molecule has 4 aliphatic heterocycles. The highest BCUT2D eigenvalue weighted by atomic mass is 32.2. The number of carboxylic acid groups (broad SMARTS) is 1. The summed E-state index contributed by atoms with van der Waals surface area (Å²) >= 11 is 1.50. The lowest BCUT2D eigenvalue weighted by atomic mass is 9.73. The molecule has 4 aliphatic rings. The summed E-state index contributed by atoms with van der Waals surface area (Å²) in [6, 6.07) is -0.490. The number of nitrogens with zero attached hydrogens (tertiary/aromatic N) is 3. The van der Waals surface area contributed by atoms with Crippen molar-refractivity contribution in [2.45, 2.75) is 44.0 Å². The van der Waals surface area contributed by atoms with Crippen molar-refractivity contribution in [2.75, 3.05) is 53.4 Å². The quantitative estimate of drug-likeness (QED) is 0.365. The highest BCUT2D eigenvalue weighted by Gasteiger charge is 2.60. The molecule has 11 heteroatoms. The van der Waals surface area contributed by atoms with Gasteiger partial charge in [0.15, 0.2) is 0 Å². The van der Waals surface area contributed by atoms with Crippen molar-refractivity contribution in [3.8, 4) is 0 Å². The first kappa shape index (κ1) is 26.1. The summed E-state index contributed by atoms with van der Waals surface area (Å²) < 4.78 is 0. The van der Waals surface area contributed by atoms with E-state index in [-0.39, 0.29) is 58.4 Å². The molecule has 0 saturated carbocycles. The molecule has 0 aromatic carbocycles.